The van der Waals surface area contributed by atoms with E-state index in [0.717, 1.165) is 16.5 Å². The van der Waals surface area contributed by atoms with Gasteiger partial charge in [-0.25, -0.2) is 13.1 Å². The van der Waals surface area contributed by atoms with Crippen LogP contribution in [0.3, 0.4) is 0 Å². The number of sulfonamides is 1. The van der Waals surface area contributed by atoms with Crippen LogP contribution in [0.25, 0.3) is 0 Å². The molecule has 0 unspecified atom stereocenters. The zero-order valence-corrected chi connectivity index (χ0v) is 11.9. The Bertz CT molecular complexity index is 449. The molecular formula is C11H17BrN2O2S. The molecule has 0 heterocycles. The first-order valence-corrected chi connectivity index (χ1v) is 7.90. The molecule has 0 amide bonds. The molecule has 17 heavy (non-hydrogen) atoms. The Hall–Kier alpha value is -0.430. The van der Waals surface area contributed by atoms with E-state index in [9.17, 15) is 8.42 Å². The second-order valence-electron chi connectivity index (χ2n) is 3.77. The monoisotopic (exact) mass is 320 g/mol. The predicted molar refractivity (Wildman–Crippen MR) is 73.1 cm³/mol. The van der Waals surface area contributed by atoms with Crippen molar-refractivity contribution in [3.05, 3.63) is 34.3 Å². The third-order valence-electron chi connectivity index (χ3n) is 2.25. The van der Waals surface area contributed by atoms with E-state index in [4.69, 9.17) is 5.73 Å². The fourth-order valence-corrected chi connectivity index (χ4v) is 2.91. The molecule has 0 aliphatic rings. The van der Waals surface area contributed by atoms with E-state index in [1.54, 1.807) is 0 Å². The van der Waals surface area contributed by atoms with E-state index in [1.807, 2.05) is 24.3 Å². The number of halogens is 1. The van der Waals surface area contributed by atoms with Gasteiger partial charge in [0.25, 0.3) is 0 Å². The Kier molecular flexibility index (Phi) is 6.11. The molecule has 0 fully saturated rings. The lowest BCUT2D eigenvalue weighted by Gasteiger charge is -2.06. The van der Waals surface area contributed by atoms with Crippen LogP contribution in [0.15, 0.2) is 28.7 Å². The molecule has 0 atom stereocenters. The molecule has 96 valence electrons. The number of hydrogen-bond acceptors (Lipinski definition) is 3. The van der Waals surface area contributed by atoms with Gasteiger partial charge in [0, 0.05) is 11.0 Å². The van der Waals surface area contributed by atoms with Gasteiger partial charge in [-0.15, -0.1) is 0 Å². The van der Waals surface area contributed by atoms with Crippen LogP contribution in [0, 0.1) is 0 Å². The fraction of sp³-hybridized carbons (Fsp3) is 0.455. The summed E-state index contributed by atoms with van der Waals surface area (Å²) in [4.78, 5) is 0. The third kappa shape index (κ3) is 6.16. The van der Waals surface area contributed by atoms with Crippen LogP contribution in [0.2, 0.25) is 0 Å². The summed E-state index contributed by atoms with van der Waals surface area (Å²) in [7, 11) is -3.19. The Labute approximate surface area is 111 Å². The zero-order chi connectivity index (χ0) is 12.7. The minimum absolute atomic E-state index is 0.137. The first-order chi connectivity index (χ1) is 8.03. The van der Waals surface area contributed by atoms with Gasteiger partial charge in [0.1, 0.15) is 0 Å². The van der Waals surface area contributed by atoms with Gasteiger partial charge in [-0.2, -0.15) is 0 Å². The van der Waals surface area contributed by atoms with Crippen LogP contribution in [0.5, 0.6) is 0 Å². The number of benzene rings is 1. The maximum Gasteiger partial charge on any atom is 0.211 e. The lowest BCUT2D eigenvalue weighted by Crippen LogP contribution is -2.26. The first kappa shape index (κ1) is 14.6. The molecule has 3 N–H and O–H groups in total. The van der Waals surface area contributed by atoms with E-state index >= 15 is 0 Å². The van der Waals surface area contributed by atoms with Crippen molar-refractivity contribution in [1.29, 1.82) is 0 Å². The Morgan fingerprint density at radius 2 is 2.06 bits per heavy atom. The minimum atomic E-state index is -3.19. The molecule has 0 spiro atoms. The summed E-state index contributed by atoms with van der Waals surface area (Å²) in [6, 6.07) is 7.55. The molecule has 0 aliphatic heterocycles. The third-order valence-corrected chi connectivity index (χ3v) is 4.16. The predicted octanol–water partition coefficient (Wildman–Crippen LogP) is 1.61. The fourth-order valence-electron chi connectivity index (χ4n) is 1.35. The minimum Gasteiger partial charge on any atom is -0.330 e. The Morgan fingerprint density at radius 3 is 2.71 bits per heavy atom. The summed E-state index contributed by atoms with van der Waals surface area (Å²) in [5.41, 5.74) is 6.25. The quantitative estimate of drug-likeness (QED) is 0.750. The molecule has 1 rings (SSSR count). The van der Waals surface area contributed by atoms with Crippen molar-refractivity contribution < 1.29 is 8.42 Å². The van der Waals surface area contributed by atoms with Gasteiger partial charge in [0.05, 0.1) is 5.75 Å². The van der Waals surface area contributed by atoms with Gasteiger partial charge in [-0.3, -0.25) is 0 Å². The molecule has 4 nitrogen and oxygen atoms in total. The summed E-state index contributed by atoms with van der Waals surface area (Å²) in [5.74, 6) is 0.137. The topological polar surface area (TPSA) is 72.2 Å². The van der Waals surface area contributed by atoms with Crippen molar-refractivity contribution in [2.24, 2.45) is 5.73 Å². The van der Waals surface area contributed by atoms with Gasteiger partial charge in [-0.1, -0.05) is 28.1 Å². The highest BCUT2D eigenvalue weighted by Gasteiger charge is 2.09. The molecular weight excluding hydrogens is 304 g/mol. The van der Waals surface area contributed by atoms with Crippen LogP contribution in [-0.4, -0.2) is 20.7 Å². The summed E-state index contributed by atoms with van der Waals surface area (Å²) < 4.78 is 26.7. The Balaban J connectivity index is 2.44. The lowest BCUT2D eigenvalue weighted by atomic mass is 10.2. The van der Waals surface area contributed by atoms with Crippen molar-refractivity contribution in [3.8, 4) is 0 Å². The van der Waals surface area contributed by atoms with E-state index < -0.39 is 10.0 Å². The van der Waals surface area contributed by atoms with E-state index in [1.165, 1.54) is 0 Å². The van der Waals surface area contributed by atoms with Crippen molar-refractivity contribution >= 4 is 26.0 Å². The van der Waals surface area contributed by atoms with Crippen molar-refractivity contribution in [2.75, 3.05) is 12.3 Å². The molecule has 1 aromatic rings. The standard InChI is InChI=1S/C11H17BrN2O2S/c12-11-5-3-4-10(8-11)9-14-17(15,16)7-2-1-6-13/h3-5,8,14H,1-2,6-7,9,13H2. The molecule has 0 radical (unpaired) electrons. The molecule has 0 aliphatic carbocycles. The number of hydrogen-bond donors (Lipinski definition) is 2. The Morgan fingerprint density at radius 1 is 1.29 bits per heavy atom. The zero-order valence-electron chi connectivity index (χ0n) is 9.52. The average molecular weight is 321 g/mol. The second kappa shape index (κ2) is 7.10. The summed E-state index contributed by atoms with van der Waals surface area (Å²) in [6.45, 7) is 0.853. The SMILES string of the molecule is NCCCCS(=O)(=O)NCc1cccc(Br)c1. The molecule has 0 bridgehead atoms. The highest BCUT2D eigenvalue weighted by atomic mass is 79.9. The van der Waals surface area contributed by atoms with Crippen molar-refractivity contribution in [3.63, 3.8) is 0 Å². The smallest absolute Gasteiger partial charge is 0.211 e. The van der Waals surface area contributed by atoms with Crippen LogP contribution in [-0.2, 0) is 16.6 Å². The number of rotatable bonds is 7. The molecule has 1 aromatic carbocycles. The van der Waals surface area contributed by atoms with Gasteiger partial charge in [0.2, 0.25) is 10.0 Å². The molecule has 6 heteroatoms. The van der Waals surface area contributed by atoms with E-state index in [0.29, 0.717) is 19.5 Å². The second-order valence-corrected chi connectivity index (χ2v) is 6.61. The number of nitrogens with one attached hydrogen (secondary N) is 1. The van der Waals surface area contributed by atoms with Crippen LogP contribution in [0.4, 0.5) is 0 Å². The van der Waals surface area contributed by atoms with E-state index in [-0.39, 0.29) is 5.75 Å². The highest BCUT2D eigenvalue weighted by molar-refractivity contribution is 9.10. The molecule has 0 saturated carbocycles. The van der Waals surface area contributed by atoms with Crippen LogP contribution < -0.4 is 10.5 Å². The summed E-state index contributed by atoms with van der Waals surface area (Å²) in [5, 5.41) is 0. The van der Waals surface area contributed by atoms with Crippen molar-refractivity contribution in [1.82, 2.24) is 4.72 Å². The van der Waals surface area contributed by atoms with Crippen LogP contribution >= 0.6 is 15.9 Å². The molecule has 0 aromatic heterocycles. The van der Waals surface area contributed by atoms with Gasteiger partial charge in [-0.05, 0) is 37.1 Å². The number of nitrogens with two attached hydrogens (primary N) is 1. The first-order valence-electron chi connectivity index (χ1n) is 5.45. The van der Waals surface area contributed by atoms with Gasteiger partial charge >= 0.3 is 0 Å². The van der Waals surface area contributed by atoms with E-state index in [2.05, 4.69) is 20.7 Å². The maximum absolute atomic E-state index is 11.6. The van der Waals surface area contributed by atoms with Crippen LogP contribution in [0.1, 0.15) is 18.4 Å². The van der Waals surface area contributed by atoms with Crippen molar-refractivity contribution in [2.45, 2.75) is 19.4 Å². The maximum atomic E-state index is 11.6. The lowest BCUT2D eigenvalue weighted by molar-refractivity contribution is 0.577. The molecule has 0 saturated heterocycles. The number of unbranched alkanes of at least 4 members (excludes halogenated alkanes) is 1. The average Bonchev–Trinajstić information content (AvgIpc) is 2.27. The summed E-state index contributed by atoms with van der Waals surface area (Å²) >= 11 is 3.34. The normalized spacial score (nSPS) is 11.6. The summed E-state index contributed by atoms with van der Waals surface area (Å²) in [6.07, 6.45) is 1.34. The highest BCUT2D eigenvalue weighted by Crippen LogP contribution is 2.11. The van der Waals surface area contributed by atoms with Gasteiger partial charge < -0.3 is 5.73 Å². The largest absolute Gasteiger partial charge is 0.330 e. The van der Waals surface area contributed by atoms with Gasteiger partial charge in [0.15, 0.2) is 0 Å².